The summed E-state index contributed by atoms with van der Waals surface area (Å²) < 4.78 is 0. The average Bonchev–Trinajstić information content (AvgIpc) is 2.42. The molecule has 0 spiro atoms. The SMILES string of the molecule is CC.CC.N#Cc1cccc(C#N)c1[N+](=O)[O-]. The molecule has 90 valence electrons. The lowest BCUT2D eigenvalue weighted by Gasteiger charge is -1.94. The van der Waals surface area contributed by atoms with Crippen molar-refractivity contribution in [2.75, 3.05) is 0 Å². The topological polar surface area (TPSA) is 90.7 Å². The molecule has 17 heavy (non-hydrogen) atoms. The van der Waals surface area contributed by atoms with Crippen LogP contribution in [0.25, 0.3) is 0 Å². The Morgan fingerprint density at radius 3 is 1.65 bits per heavy atom. The van der Waals surface area contributed by atoms with Crippen LogP contribution in [0.2, 0.25) is 0 Å². The summed E-state index contributed by atoms with van der Waals surface area (Å²) >= 11 is 0. The van der Waals surface area contributed by atoms with Gasteiger partial charge in [0.15, 0.2) is 0 Å². The summed E-state index contributed by atoms with van der Waals surface area (Å²) in [5.41, 5.74) is -0.611. The Labute approximate surface area is 101 Å². The molecule has 1 aromatic carbocycles. The van der Waals surface area contributed by atoms with Crippen molar-refractivity contribution in [1.29, 1.82) is 10.5 Å². The molecule has 0 fully saturated rings. The number of hydrogen-bond donors (Lipinski definition) is 0. The van der Waals surface area contributed by atoms with Gasteiger partial charge in [0, 0.05) is 0 Å². The number of benzene rings is 1. The van der Waals surface area contributed by atoms with Gasteiger partial charge in [0.05, 0.1) is 4.92 Å². The first-order valence-corrected chi connectivity index (χ1v) is 5.28. The summed E-state index contributed by atoms with van der Waals surface area (Å²) in [7, 11) is 0. The van der Waals surface area contributed by atoms with Crippen LogP contribution >= 0.6 is 0 Å². The monoisotopic (exact) mass is 233 g/mol. The van der Waals surface area contributed by atoms with Gasteiger partial charge in [-0.15, -0.1) is 0 Å². The van der Waals surface area contributed by atoms with Crippen molar-refractivity contribution in [3.63, 3.8) is 0 Å². The minimum Gasteiger partial charge on any atom is -0.258 e. The standard InChI is InChI=1S/C8H3N3O2.2C2H6/c9-4-6-2-1-3-7(5-10)8(6)11(12)13;2*1-2/h1-3H;2*1-2H3. The summed E-state index contributed by atoms with van der Waals surface area (Å²) in [5, 5.41) is 27.5. The molecule has 5 nitrogen and oxygen atoms in total. The molecule has 0 saturated carbocycles. The quantitative estimate of drug-likeness (QED) is 0.549. The van der Waals surface area contributed by atoms with E-state index in [1.807, 2.05) is 27.7 Å². The van der Waals surface area contributed by atoms with Crippen LogP contribution in [-0.4, -0.2) is 4.92 Å². The Balaban J connectivity index is 0. The first-order valence-electron chi connectivity index (χ1n) is 5.28. The highest BCUT2D eigenvalue weighted by molar-refractivity contribution is 5.58. The van der Waals surface area contributed by atoms with E-state index in [9.17, 15) is 10.1 Å². The van der Waals surface area contributed by atoms with Crippen molar-refractivity contribution < 1.29 is 4.92 Å². The maximum absolute atomic E-state index is 10.5. The molecule has 0 aliphatic heterocycles. The van der Waals surface area contributed by atoms with Crippen molar-refractivity contribution in [2.45, 2.75) is 27.7 Å². The minimum atomic E-state index is -0.725. The minimum absolute atomic E-state index is 0.0935. The molecular weight excluding hydrogens is 218 g/mol. The highest BCUT2D eigenvalue weighted by Crippen LogP contribution is 2.21. The normalized spacial score (nSPS) is 7.18. The van der Waals surface area contributed by atoms with E-state index in [1.165, 1.54) is 18.2 Å². The Hall–Kier alpha value is -2.40. The van der Waals surface area contributed by atoms with E-state index in [-0.39, 0.29) is 11.1 Å². The van der Waals surface area contributed by atoms with Crippen LogP contribution in [0.1, 0.15) is 38.8 Å². The molecule has 0 bridgehead atoms. The first-order chi connectivity index (χ1) is 8.20. The van der Waals surface area contributed by atoms with Gasteiger partial charge in [-0.25, -0.2) is 0 Å². The zero-order chi connectivity index (χ0) is 13.8. The van der Waals surface area contributed by atoms with E-state index < -0.39 is 10.6 Å². The van der Waals surface area contributed by atoms with Crippen molar-refractivity contribution in [3.8, 4) is 12.1 Å². The third-order valence-corrected chi connectivity index (χ3v) is 1.46. The zero-order valence-corrected chi connectivity index (χ0v) is 10.4. The largest absolute Gasteiger partial charge is 0.304 e. The average molecular weight is 233 g/mol. The van der Waals surface area contributed by atoms with Gasteiger partial charge in [-0.2, -0.15) is 10.5 Å². The van der Waals surface area contributed by atoms with Gasteiger partial charge in [0.1, 0.15) is 23.3 Å². The summed E-state index contributed by atoms with van der Waals surface area (Å²) in [6.45, 7) is 8.00. The van der Waals surface area contributed by atoms with Gasteiger partial charge in [-0.05, 0) is 12.1 Å². The predicted octanol–water partition coefficient (Wildman–Crippen LogP) is 3.39. The predicted molar refractivity (Wildman–Crippen MR) is 65.2 cm³/mol. The second-order valence-corrected chi connectivity index (χ2v) is 2.18. The van der Waals surface area contributed by atoms with E-state index in [2.05, 4.69) is 0 Å². The van der Waals surface area contributed by atoms with Crippen molar-refractivity contribution >= 4 is 5.69 Å². The number of hydrogen-bond acceptors (Lipinski definition) is 4. The Kier molecular flexibility index (Phi) is 10.1. The van der Waals surface area contributed by atoms with Gasteiger partial charge in [0.2, 0.25) is 0 Å². The number of nitro benzene ring substituents is 1. The molecule has 0 saturated heterocycles. The first kappa shape index (κ1) is 17.0. The van der Waals surface area contributed by atoms with Crippen LogP contribution in [0.3, 0.4) is 0 Å². The van der Waals surface area contributed by atoms with E-state index in [4.69, 9.17) is 10.5 Å². The lowest BCUT2D eigenvalue weighted by Crippen LogP contribution is -1.95. The Morgan fingerprint density at radius 2 is 1.41 bits per heavy atom. The van der Waals surface area contributed by atoms with E-state index in [0.717, 1.165) is 0 Å². The molecule has 1 rings (SSSR count). The molecule has 0 heterocycles. The number of rotatable bonds is 1. The van der Waals surface area contributed by atoms with Crippen LogP contribution in [0.5, 0.6) is 0 Å². The highest BCUT2D eigenvalue weighted by Gasteiger charge is 2.18. The fourth-order valence-corrected chi connectivity index (χ4v) is 0.921. The molecule has 0 radical (unpaired) electrons. The number of nitrogens with zero attached hydrogens (tertiary/aromatic N) is 3. The van der Waals surface area contributed by atoms with E-state index >= 15 is 0 Å². The fourth-order valence-electron chi connectivity index (χ4n) is 0.921. The summed E-state index contributed by atoms with van der Waals surface area (Å²) in [6.07, 6.45) is 0. The summed E-state index contributed by atoms with van der Waals surface area (Å²) in [4.78, 5) is 9.74. The Morgan fingerprint density at radius 1 is 1.06 bits per heavy atom. The second-order valence-electron chi connectivity index (χ2n) is 2.18. The second kappa shape index (κ2) is 10.1. The van der Waals surface area contributed by atoms with Gasteiger partial charge in [-0.3, -0.25) is 10.1 Å². The van der Waals surface area contributed by atoms with Gasteiger partial charge >= 0.3 is 5.69 Å². The molecule has 0 aromatic heterocycles. The maximum atomic E-state index is 10.5. The van der Waals surface area contributed by atoms with Gasteiger partial charge in [-0.1, -0.05) is 33.8 Å². The number of nitriles is 2. The van der Waals surface area contributed by atoms with E-state index in [1.54, 1.807) is 12.1 Å². The highest BCUT2D eigenvalue weighted by atomic mass is 16.6. The molecule has 0 aliphatic rings. The fraction of sp³-hybridized carbons (Fsp3) is 0.333. The molecule has 1 aromatic rings. The van der Waals surface area contributed by atoms with Crippen LogP contribution in [0.15, 0.2) is 18.2 Å². The zero-order valence-electron chi connectivity index (χ0n) is 10.4. The number of nitro groups is 1. The van der Waals surface area contributed by atoms with Crippen molar-refractivity contribution in [1.82, 2.24) is 0 Å². The van der Waals surface area contributed by atoms with Crippen LogP contribution in [-0.2, 0) is 0 Å². The lowest BCUT2D eigenvalue weighted by molar-refractivity contribution is -0.385. The molecule has 0 aliphatic carbocycles. The molecule has 0 atom stereocenters. The maximum Gasteiger partial charge on any atom is 0.304 e. The molecule has 0 N–H and O–H groups in total. The summed E-state index contributed by atoms with van der Waals surface area (Å²) in [6, 6.07) is 7.36. The van der Waals surface area contributed by atoms with Gasteiger partial charge in [0.25, 0.3) is 0 Å². The molecule has 5 heteroatoms. The van der Waals surface area contributed by atoms with Crippen LogP contribution in [0, 0.1) is 32.8 Å². The lowest BCUT2D eigenvalue weighted by atomic mass is 10.1. The Bertz CT molecular complexity index is 410. The molecular formula is C12H15N3O2. The van der Waals surface area contributed by atoms with Crippen LogP contribution < -0.4 is 0 Å². The van der Waals surface area contributed by atoms with Crippen molar-refractivity contribution in [3.05, 3.63) is 39.4 Å². The molecule has 0 unspecified atom stereocenters. The van der Waals surface area contributed by atoms with E-state index in [0.29, 0.717) is 0 Å². The van der Waals surface area contributed by atoms with Crippen LogP contribution in [0.4, 0.5) is 5.69 Å². The number of para-hydroxylation sites is 1. The van der Waals surface area contributed by atoms with Gasteiger partial charge < -0.3 is 0 Å². The third-order valence-electron chi connectivity index (χ3n) is 1.46. The van der Waals surface area contributed by atoms with Crippen molar-refractivity contribution in [2.24, 2.45) is 0 Å². The molecule has 0 amide bonds. The smallest absolute Gasteiger partial charge is 0.258 e. The third kappa shape index (κ3) is 4.76. The summed E-state index contributed by atoms with van der Waals surface area (Å²) in [5.74, 6) is 0.